The summed E-state index contributed by atoms with van der Waals surface area (Å²) in [7, 11) is 1.58. The number of piperidine rings is 2. The van der Waals surface area contributed by atoms with Gasteiger partial charge in [-0.2, -0.15) is 0 Å². The molecular weight excluding hydrogens is 248 g/mol. The molecule has 3 rings (SSSR count). The fourth-order valence-electron chi connectivity index (χ4n) is 3.03. The van der Waals surface area contributed by atoms with E-state index in [1.54, 1.807) is 12.0 Å². The molecule has 2 bridgehead atoms. The van der Waals surface area contributed by atoms with Crippen LogP contribution in [0, 0.1) is 0 Å². The molecule has 0 spiro atoms. The third kappa shape index (κ3) is 3.19. The maximum absolute atomic E-state index is 12.1. The Bertz CT molecular complexity index is 358. The second-order valence-corrected chi connectivity index (χ2v) is 6.79. The Hall–Kier alpha value is -0.850. The van der Waals surface area contributed by atoms with E-state index < -0.39 is 5.60 Å². The maximum Gasteiger partial charge on any atom is 0.410 e. The molecule has 19 heavy (non-hydrogen) atoms. The van der Waals surface area contributed by atoms with Crippen molar-refractivity contribution < 1.29 is 19.0 Å². The van der Waals surface area contributed by atoms with Crippen LogP contribution in [-0.2, 0) is 14.2 Å². The molecule has 0 unspecified atom stereocenters. The minimum Gasteiger partial charge on any atom is -0.444 e. The molecular formula is C13H24N2O4. The second kappa shape index (κ2) is 4.61. The normalized spacial score (nSPS) is 33.8. The Kier molecular flexibility index (Phi) is 3.53. The summed E-state index contributed by atoms with van der Waals surface area (Å²) in [6.07, 6.45) is 1.21. The molecule has 0 aromatic rings. The standard InChI is InChI=1S/C13H24N2O4/c1-11(2,3)19-10(16)15-7-12(14)5-13(6-12,8-15)18-9-17-4/h5-9,14H2,1-4H3. The summed E-state index contributed by atoms with van der Waals surface area (Å²) in [5, 5.41) is 0. The predicted octanol–water partition coefficient (Wildman–Crippen LogP) is 1.09. The number of amides is 1. The molecule has 1 amide bonds. The van der Waals surface area contributed by atoms with Crippen LogP contribution in [0.1, 0.15) is 33.6 Å². The van der Waals surface area contributed by atoms with E-state index in [1.165, 1.54) is 0 Å². The van der Waals surface area contributed by atoms with Gasteiger partial charge in [0.25, 0.3) is 0 Å². The Morgan fingerprint density at radius 2 is 1.95 bits per heavy atom. The summed E-state index contributed by atoms with van der Waals surface area (Å²) >= 11 is 0. The first-order valence-corrected chi connectivity index (χ1v) is 6.57. The Morgan fingerprint density at radius 3 is 2.47 bits per heavy atom. The van der Waals surface area contributed by atoms with Crippen molar-refractivity contribution in [2.24, 2.45) is 5.73 Å². The van der Waals surface area contributed by atoms with Gasteiger partial charge in [0.1, 0.15) is 12.4 Å². The van der Waals surface area contributed by atoms with Crippen LogP contribution in [-0.4, -0.2) is 54.7 Å². The molecule has 3 fully saturated rings. The van der Waals surface area contributed by atoms with Crippen LogP contribution >= 0.6 is 0 Å². The van der Waals surface area contributed by atoms with Gasteiger partial charge in [-0.3, -0.25) is 0 Å². The van der Waals surface area contributed by atoms with Gasteiger partial charge < -0.3 is 24.8 Å². The highest BCUT2D eigenvalue weighted by molar-refractivity contribution is 5.69. The average molecular weight is 272 g/mol. The molecule has 2 saturated heterocycles. The van der Waals surface area contributed by atoms with Gasteiger partial charge in [-0.25, -0.2) is 4.79 Å². The predicted molar refractivity (Wildman–Crippen MR) is 69.7 cm³/mol. The molecule has 2 N–H and O–H groups in total. The fraction of sp³-hybridized carbons (Fsp3) is 0.923. The highest BCUT2D eigenvalue weighted by Gasteiger charge is 2.60. The zero-order valence-electron chi connectivity index (χ0n) is 12.2. The third-order valence-electron chi connectivity index (χ3n) is 3.47. The molecule has 2 heterocycles. The number of carbonyl (C=O) groups is 1. The van der Waals surface area contributed by atoms with Crippen molar-refractivity contribution in [3.05, 3.63) is 0 Å². The lowest BCUT2D eigenvalue weighted by molar-refractivity contribution is -0.220. The SMILES string of the molecule is COCOC12CN(C(=O)OC(C)(C)C)CC(N)(C1)C2. The fourth-order valence-corrected chi connectivity index (χ4v) is 3.03. The smallest absolute Gasteiger partial charge is 0.410 e. The molecule has 110 valence electrons. The number of rotatable bonds is 3. The van der Waals surface area contributed by atoms with Crippen LogP contribution in [0.3, 0.4) is 0 Å². The summed E-state index contributed by atoms with van der Waals surface area (Å²) in [6, 6.07) is 0. The molecule has 2 aliphatic heterocycles. The number of carbonyl (C=O) groups excluding carboxylic acids is 1. The Labute approximate surface area is 114 Å². The van der Waals surface area contributed by atoms with Gasteiger partial charge in [0.05, 0.1) is 12.1 Å². The van der Waals surface area contributed by atoms with Gasteiger partial charge in [0, 0.05) is 19.2 Å². The number of nitrogens with zero attached hydrogens (tertiary/aromatic N) is 1. The molecule has 0 atom stereocenters. The number of hydrogen-bond acceptors (Lipinski definition) is 5. The first-order valence-electron chi connectivity index (χ1n) is 6.57. The van der Waals surface area contributed by atoms with Gasteiger partial charge in [-0.15, -0.1) is 0 Å². The van der Waals surface area contributed by atoms with Gasteiger partial charge >= 0.3 is 6.09 Å². The second-order valence-electron chi connectivity index (χ2n) is 6.79. The monoisotopic (exact) mass is 272 g/mol. The minimum atomic E-state index is -0.499. The largest absolute Gasteiger partial charge is 0.444 e. The van der Waals surface area contributed by atoms with E-state index in [-0.39, 0.29) is 24.0 Å². The first-order chi connectivity index (χ1) is 8.67. The lowest BCUT2D eigenvalue weighted by Gasteiger charge is -2.60. The van der Waals surface area contributed by atoms with E-state index >= 15 is 0 Å². The zero-order chi connectivity index (χ0) is 14.3. The summed E-state index contributed by atoms with van der Waals surface area (Å²) in [6.45, 7) is 6.82. The topological polar surface area (TPSA) is 74.0 Å². The molecule has 0 aromatic heterocycles. The van der Waals surface area contributed by atoms with E-state index in [1.807, 2.05) is 20.8 Å². The van der Waals surface area contributed by atoms with Crippen molar-refractivity contribution in [2.75, 3.05) is 27.0 Å². The highest BCUT2D eigenvalue weighted by atomic mass is 16.7. The van der Waals surface area contributed by atoms with E-state index in [0.717, 1.165) is 12.8 Å². The number of fused-ring (bicyclic) bond motifs is 2. The minimum absolute atomic E-state index is 0.220. The van der Waals surface area contributed by atoms with Crippen molar-refractivity contribution >= 4 is 6.09 Å². The molecule has 6 nitrogen and oxygen atoms in total. The average Bonchev–Trinajstić information content (AvgIpc) is 2.22. The maximum atomic E-state index is 12.1. The number of methoxy groups -OCH3 is 1. The molecule has 0 aromatic carbocycles. The summed E-state index contributed by atoms with van der Waals surface area (Å²) in [4.78, 5) is 13.7. The number of ether oxygens (including phenoxy) is 3. The molecule has 3 aliphatic rings. The van der Waals surface area contributed by atoms with Gasteiger partial charge in [-0.1, -0.05) is 0 Å². The first kappa shape index (κ1) is 14.6. The van der Waals surface area contributed by atoms with Gasteiger partial charge in [0.15, 0.2) is 0 Å². The highest BCUT2D eigenvalue weighted by Crippen LogP contribution is 2.47. The van der Waals surface area contributed by atoms with E-state index in [0.29, 0.717) is 13.1 Å². The van der Waals surface area contributed by atoms with Crippen LogP contribution in [0.5, 0.6) is 0 Å². The van der Waals surface area contributed by atoms with Gasteiger partial charge in [0.2, 0.25) is 0 Å². The van der Waals surface area contributed by atoms with Crippen molar-refractivity contribution in [2.45, 2.75) is 50.4 Å². The molecule has 1 aliphatic carbocycles. The van der Waals surface area contributed by atoms with Crippen molar-refractivity contribution in [1.82, 2.24) is 4.90 Å². The summed E-state index contributed by atoms with van der Waals surface area (Å²) < 4.78 is 16.0. The van der Waals surface area contributed by atoms with Gasteiger partial charge in [-0.05, 0) is 33.6 Å². The molecule has 6 heteroatoms. The van der Waals surface area contributed by atoms with Crippen LogP contribution in [0.15, 0.2) is 0 Å². The lowest BCUT2D eigenvalue weighted by Crippen LogP contribution is -2.76. The molecule has 1 saturated carbocycles. The molecule has 0 radical (unpaired) electrons. The van der Waals surface area contributed by atoms with Crippen LogP contribution in [0.2, 0.25) is 0 Å². The van der Waals surface area contributed by atoms with E-state index in [2.05, 4.69) is 0 Å². The number of nitrogens with two attached hydrogens (primary N) is 1. The Balaban J connectivity index is 1.99. The van der Waals surface area contributed by atoms with Crippen molar-refractivity contribution in [1.29, 1.82) is 0 Å². The third-order valence-corrected chi connectivity index (χ3v) is 3.47. The summed E-state index contributed by atoms with van der Waals surface area (Å²) in [5.41, 5.74) is 5.02. The summed E-state index contributed by atoms with van der Waals surface area (Å²) in [5.74, 6) is 0. The van der Waals surface area contributed by atoms with Crippen LogP contribution in [0.4, 0.5) is 4.79 Å². The van der Waals surface area contributed by atoms with Crippen molar-refractivity contribution in [3.63, 3.8) is 0 Å². The lowest BCUT2D eigenvalue weighted by atomic mass is 9.62. The Morgan fingerprint density at radius 1 is 1.32 bits per heavy atom. The van der Waals surface area contributed by atoms with E-state index in [9.17, 15) is 4.79 Å². The van der Waals surface area contributed by atoms with Crippen molar-refractivity contribution in [3.8, 4) is 0 Å². The van der Waals surface area contributed by atoms with Crippen LogP contribution in [0.25, 0.3) is 0 Å². The van der Waals surface area contributed by atoms with E-state index in [4.69, 9.17) is 19.9 Å². The van der Waals surface area contributed by atoms with Crippen LogP contribution < -0.4 is 5.73 Å². The number of hydrogen-bond donors (Lipinski definition) is 1. The quantitative estimate of drug-likeness (QED) is 0.778. The zero-order valence-corrected chi connectivity index (χ0v) is 12.2.